The van der Waals surface area contributed by atoms with Crippen LogP contribution in [-0.4, -0.2) is 20.6 Å². The molecule has 0 aliphatic heterocycles. The number of rotatable bonds is 5. The van der Waals surface area contributed by atoms with E-state index in [9.17, 15) is 4.79 Å². The third kappa shape index (κ3) is 2.51. The van der Waals surface area contributed by atoms with Crippen LogP contribution in [-0.2, 0) is 13.2 Å². The highest BCUT2D eigenvalue weighted by molar-refractivity contribution is 5.85. The molecule has 0 aliphatic rings. The van der Waals surface area contributed by atoms with Gasteiger partial charge in [0.15, 0.2) is 0 Å². The molecule has 0 spiro atoms. The summed E-state index contributed by atoms with van der Waals surface area (Å²) in [6, 6.07) is 9.35. The molecule has 0 aliphatic carbocycles. The first kappa shape index (κ1) is 12.2. The monoisotopic (exact) mass is 246 g/mol. The summed E-state index contributed by atoms with van der Waals surface area (Å²) in [6.07, 6.45) is 1.36. The summed E-state index contributed by atoms with van der Waals surface area (Å²) in [6.45, 7) is 2.68. The molecule has 1 N–H and O–H groups in total. The predicted molar refractivity (Wildman–Crippen MR) is 65.6 cm³/mol. The first-order valence-electron chi connectivity index (χ1n) is 5.68. The summed E-state index contributed by atoms with van der Waals surface area (Å²) in [4.78, 5) is 15.0. The Balaban J connectivity index is 2.12. The first-order chi connectivity index (χ1) is 8.72. The van der Waals surface area contributed by atoms with Crippen molar-refractivity contribution >= 4 is 5.97 Å². The van der Waals surface area contributed by atoms with Crippen LogP contribution in [0.5, 0.6) is 5.75 Å². The Morgan fingerprint density at radius 3 is 2.72 bits per heavy atom. The number of hydrogen-bond donors (Lipinski definition) is 1. The fourth-order valence-electron chi connectivity index (χ4n) is 1.72. The van der Waals surface area contributed by atoms with Crippen molar-refractivity contribution in [1.29, 1.82) is 0 Å². The van der Waals surface area contributed by atoms with E-state index < -0.39 is 5.97 Å². The Labute approximate surface area is 105 Å². The van der Waals surface area contributed by atoms with E-state index in [-0.39, 0.29) is 12.3 Å². The third-order valence-corrected chi connectivity index (χ3v) is 2.58. The van der Waals surface area contributed by atoms with Crippen LogP contribution in [0.15, 0.2) is 36.5 Å². The van der Waals surface area contributed by atoms with E-state index in [1.165, 1.54) is 6.20 Å². The van der Waals surface area contributed by atoms with Crippen LogP contribution in [0.2, 0.25) is 0 Å². The highest BCUT2D eigenvalue weighted by atomic mass is 16.5. The highest BCUT2D eigenvalue weighted by Gasteiger charge is 2.14. The maximum atomic E-state index is 11.0. The minimum Gasteiger partial charge on any atom is -0.486 e. The standard InChI is InChI=1S/C13H14N2O3/c1-2-15-11(13(16)17)8-14-12(15)9-18-10-6-4-3-5-7-10/h3-8H,2,9H2,1H3,(H,16,17). The van der Waals surface area contributed by atoms with Gasteiger partial charge in [-0.2, -0.15) is 0 Å². The molecule has 0 saturated heterocycles. The van der Waals surface area contributed by atoms with Crippen LogP contribution in [0, 0.1) is 0 Å². The number of carboxylic acid groups (broad SMARTS) is 1. The molecule has 2 rings (SSSR count). The molecule has 5 heteroatoms. The van der Waals surface area contributed by atoms with Gasteiger partial charge in [-0.25, -0.2) is 9.78 Å². The Hall–Kier alpha value is -2.30. The van der Waals surface area contributed by atoms with E-state index in [1.807, 2.05) is 37.3 Å². The van der Waals surface area contributed by atoms with Gasteiger partial charge in [0, 0.05) is 6.54 Å². The number of carboxylic acids is 1. The molecule has 2 aromatic rings. The normalized spacial score (nSPS) is 10.3. The summed E-state index contributed by atoms with van der Waals surface area (Å²) >= 11 is 0. The number of aromatic nitrogens is 2. The number of aromatic carboxylic acids is 1. The van der Waals surface area contributed by atoms with Crippen molar-refractivity contribution < 1.29 is 14.6 Å². The number of hydrogen-bond acceptors (Lipinski definition) is 3. The van der Waals surface area contributed by atoms with E-state index >= 15 is 0 Å². The molecule has 18 heavy (non-hydrogen) atoms. The molecule has 0 unspecified atom stereocenters. The van der Waals surface area contributed by atoms with E-state index in [2.05, 4.69) is 4.98 Å². The highest BCUT2D eigenvalue weighted by Crippen LogP contribution is 2.12. The SMILES string of the molecule is CCn1c(C(=O)O)cnc1COc1ccccc1. The smallest absolute Gasteiger partial charge is 0.354 e. The first-order valence-corrected chi connectivity index (χ1v) is 5.68. The molecular formula is C13H14N2O3. The summed E-state index contributed by atoms with van der Waals surface area (Å²) < 4.78 is 7.18. The van der Waals surface area contributed by atoms with Gasteiger partial charge in [0.05, 0.1) is 6.20 Å². The van der Waals surface area contributed by atoms with Crippen LogP contribution in [0.3, 0.4) is 0 Å². The zero-order valence-electron chi connectivity index (χ0n) is 10.0. The van der Waals surface area contributed by atoms with Crippen molar-refractivity contribution in [3.63, 3.8) is 0 Å². The van der Waals surface area contributed by atoms with E-state index in [0.717, 1.165) is 5.75 Å². The van der Waals surface area contributed by atoms with Crippen molar-refractivity contribution in [2.75, 3.05) is 0 Å². The second-order valence-corrected chi connectivity index (χ2v) is 3.71. The molecular weight excluding hydrogens is 232 g/mol. The minimum absolute atomic E-state index is 0.184. The van der Waals surface area contributed by atoms with E-state index in [0.29, 0.717) is 12.4 Å². The lowest BCUT2D eigenvalue weighted by Crippen LogP contribution is -2.11. The molecule has 0 bridgehead atoms. The van der Waals surface area contributed by atoms with Gasteiger partial charge < -0.3 is 14.4 Å². The van der Waals surface area contributed by atoms with Crippen LogP contribution in [0.1, 0.15) is 23.2 Å². The number of para-hydroxylation sites is 1. The molecule has 0 saturated carbocycles. The Morgan fingerprint density at radius 1 is 1.39 bits per heavy atom. The van der Waals surface area contributed by atoms with Gasteiger partial charge in [-0.05, 0) is 19.1 Å². The molecule has 0 radical (unpaired) electrons. The summed E-state index contributed by atoms with van der Waals surface area (Å²) in [5, 5.41) is 8.99. The number of benzene rings is 1. The minimum atomic E-state index is -0.977. The average molecular weight is 246 g/mol. The van der Waals surface area contributed by atoms with Gasteiger partial charge in [0.1, 0.15) is 23.9 Å². The lowest BCUT2D eigenvalue weighted by atomic mass is 10.3. The van der Waals surface area contributed by atoms with Crippen molar-refractivity contribution in [2.24, 2.45) is 0 Å². The maximum absolute atomic E-state index is 11.0. The van der Waals surface area contributed by atoms with Gasteiger partial charge in [0.25, 0.3) is 0 Å². The number of carbonyl (C=O) groups is 1. The van der Waals surface area contributed by atoms with Crippen molar-refractivity contribution in [3.05, 3.63) is 48.0 Å². The lowest BCUT2D eigenvalue weighted by Gasteiger charge is -2.08. The number of ether oxygens (including phenoxy) is 1. The molecule has 1 aromatic carbocycles. The zero-order valence-corrected chi connectivity index (χ0v) is 10.0. The second kappa shape index (κ2) is 5.35. The van der Waals surface area contributed by atoms with E-state index in [4.69, 9.17) is 9.84 Å². The fraction of sp³-hybridized carbons (Fsp3) is 0.231. The molecule has 0 atom stereocenters. The van der Waals surface area contributed by atoms with Crippen LogP contribution in [0.25, 0.3) is 0 Å². The largest absolute Gasteiger partial charge is 0.486 e. The van der Waals surface area contributed by atoms with Crippen LogP contribution in [0.4, 0.5) is 0 Å². The van der Waals surface area contributed by atoms with Gasteiger partial charge in [-0.3, -0.25) is 0 Å². The summed E-state index contributed by atoms with van der Waals surface area (Å²) in [7, 11) is 0. The van der Waals surface area contributed by atoms with Crippen LogP contribution < -0.4 is 4.74 Å². The summed E-state index contributed by atoms with van der Waals surface area (Å²) in [5.41, 5.74) is 0.184. The van der Waals surface area contributed by atoms with Crippen molar-refractivity contribution in [3.8, 4) is 5.75 Å². The molecule has 94 valence electrons. The fourth-order valence-corrected chi connectivity index (χ4v) is 1.72. The van der Waals surface area contributed by atoms with E-state index in [1.54, 1.807) is 4.57 Å². The van der Waals surface area contributed by atoms with Gasteiger partial charge in [-0.15, -0.1) is 0 Å². The van der Waals surface area contributed by atoms with Crippen molar-refractivity contribution in [1.82, 2.24) is 9.55 Å². The molecule has 1 aromatic heterocycles. The predicted octanol–water partition coefficient (Wildman–Crippen LogP) is 2.18. The molecule has 0 amide bonds. The second-order valence-electron chi connectivity index (χ2n) is 3.71. The Bertz CT molecular complexity index is 534. The third-order valence-electron chi connectivity index (χ3n) is 2.58. The lowest BCUT2D eigenvalue weighted by molar-refractivity contribution is 0.0684. The van der Waals surface area contributed by atoms with Crippen LogP contribution >= 0.6 is 0 Å². The molecule has 1 heterocycles. The zero-order chi connectivity index (χ0) is 13.0. The molecule has 5 nitrogen and oxygen atoms in total. The van der Waals surface area contributed by atoms with Gasteiger partial charge in [-0.1, -0.05) is 18.2 Å². The van der Waals surface area contributed by atoms with Gasteiger partial charge >= 0.3 is 5.97 Å². The number of nitrogens with zero attached hydrogens (tertiary/aromatic N) is 2. The quantitative estimate of drug-likeness (QED) is 0.878. The Kier molecular flexibility index (Phi) is 3.62. The average Bonchev–Trinajstić information content (AvgIpc) is 2.80. The topological polar surface area (TPSA) is 64.4 Å². The molecule has 0 fully saturated rings. The van der Waals surface area contributed by atoms with Gasteiger partial charge in [0.2, 0.25) is 0 Å². The number of imidazole rings is 1. The van der Waals surface area contributed by atoms with Crippen molar-refractivity contribution in [2.45, 2.75) is 20.1 Å². The summed E-state index contributed by atoms with van der Waals surface area (Å²) in [5.74, 6) is 0.370. The Morgan fingerprint density at radius 2 is 2.11 bits per heavy atom. The maximum Gasteiger partial charge on any atom is 0.354 e.